The summed E-state index contributed by atoms with van der Waals surface area (Å²) < 4.78 is 5.44. The van der Waals surface area contributed by atoms with E-state index in [9.17, 15) is 24.3 Å². The van der Waals surface area contributed by atoms with E-state index in [2.05, 4.69) is 20.8 Å². The van der Waals surface area contributed by atoms with Gasteiger partial charge in [-0.05, 0) is 65.0 Å². The van der Waals surface area contributed by atoms with Crippen molar-refractivity contribution in [2.45, 2.75) is 102 Å². The predicted molar refractivity (Wildman–Crippen MR) is 153 cm³/mol. The number of carbonyl (C=O) groups excluding carboxylic acids is 3. The Morgan fingerprint density at radius 2 is 1.95 bits per heavy atom. The van der Waals surface area contributed by atoms with Crippen molar-refractivity contribution in [2.24, 2.45) is 5.92 Å². The third-order valence-electron chi connectivity index (χ3n) is 8.28. The maximum Gasteiger partial charge on any atom is 0.408 e. The number of hydrogen-bond donors (Lipinski definition) is 3. The molecule has 1 saturated carbocycles. The Bertz CT molecular complexity index is 1410. The number of nitrogens with zero attached hydrogens (tertiary/aromatic N) is 4. The van der Waals surface area contributed by atoms with E-state index >= 15 is 0 Å². The second-order valence-corrected chi connectivity index (χ2v) is 12.7. The third-order valence-corrected chi connectivity index (χ3v) is 8.28. The summed E-state index contributed by atoms with van der Waals surface area (Å²) in [5, 5.41) is 24.9. The van der Waals surface area contributed by atoms with Gasteiger partial charge in [0.2, 0.25) is 11.8 Å². The van der Waals surface area contributed by atoms with Crippen LogP contribution < -0.4 is 10.6 Å². The topological polar surface area (TPSA) is 156 Å². The van der Waals surface area contributed by atoms with Crippen molar-refractivity contribution >= 4 is 34.9 Å². The van der Waals surface area contributed by atoms with Crippen LogP contribution in [0.4, 0.5) is 4.79 Å². The number of rotatable bonds is 3. The molecule has 42 heavy (non-hydrogen) atoms. The zero-order chi connectivity index (χ0) is 30.2. The SMILES string of the molecule is Cc1cccc2nn([C@H]3C[C@H]4C(=O)N[C@@]5(C(=O)O)C[C@@H]5/C=C\CCCCC[C@@H](NC(=O)OC(C)(C)C)C(=O)N4C3)nc12. The Morgan fingerprint density at radius 1 is 1.17 bits per heavy atom. The van der Waals surface area contributed by atoms with Gasteiger partial charge in [0.25, 0.3) is 0 Å². The summed E-state index contributed by atoms with van der Waals surface area (Å²) in [7, 11) is 0. The van der Waals surface area contributed by atoms with Crippen molar-refractivity contribution in [2.75, 3.05) is 6.54 Å². The zero-order valence-electron chi connectivity index (χ0n) is 24.6. The maximum atomic E-state index is 14.1. The number of alkyl carbamates (subject to hydrolysis) is 1. The second-order valence-electron chi connectivity index (χ2n) is 12.7. The molecule has 0 radical (unpaired) electrons. The smallest absolute Gasteiger partial charge is 0.408 e. The zero-order valence-corrected chi connectivity index (χ0v) is 24.6. The Morgan fingerprint density at radius 3 is 2.67 bits per heavy atom. The van der Waals surface area contributed by atoms with Crippen molar-refractivity contribution in [1.29, 1.82) is 0 Å². The van der Waals surface area contributed by atoms with Gasteiger partial charge < -0.3 is 25.4 Å². The van der Waals surface area contributed by atoms with Crippen LogP contribution in [0.15, 0.2) is 30.4 Å². The van der Waals surface area contributed by atoms with Crippen molar-refractivity contribution in [3.8, 4) is 0 Å². The number of allylic oxidation sites excluding steroid dienone is 1. The fourth-order valence-corrected chi connectivity index (χ4v) is 5.95. The number of ether oxygens (including phenoxy) is 1. The summed E-state index contributed by atoms with van der Waals surface area (Å²) in [6, 6.07) is 3.39. The normalized spacial score (nSPS) is 29.5. The van der Waals surface area contributed by atoms with Gasteiger partial charge >= 0.3 is 12.1 Å². The van der Waals surface area contributed by atoms with Crippen LogP contribution >= 0.6 is 0 Å². The molecule has 1 aliphatic carbocycles. The molecule has 12 nitrogen and oxygen atoms in total. The van der Waals surface area contributed by atoms with Crippen molar-refractivity contribution in [3.05, 3.63) is 35.9 Å². The van der Waals surface area contributed by atoms with Crippen molar-refractivity contribution < 1.29 is 29.0 Å². The number of hydrogen-bond acceptors (Lipinski definition) is 7. The molecule has 3 aliphatic rings. The molecule has 1 saturated heterocycles. The first kappa shape index (κ1) is 29.5. The van der Waals surface area contributed by atoms with E-state index in [0.717, 1.165) is 30.3 Å². The Kier molecular flexibility index (Phi) is 8.00. The number of fused-ring (bicyclic) bond motifs is 3. The predicted octanol–water partition coefficient (Wildman–Crippen LogP) is 3.25. The van der Waals surface area contributed by atoms with Crippen LogP contribution in [0, 0.1) is 12.8 Å². The molecule has 0 unspecified atom stereocenters. The molecule has 2 fully saturated rings. The van der Waals surface area contributed by atoms with E-state index < -0.39 is 53.1 Å². The van der Waals surface area contributed by atoms with Crippen LogP contribution in [0.25, 0.3) is 11.0 Å². The number of benzene rings is 1. The van der Waals surface area contributed by atoms with E-state index in [-0.39, 0.29) is 18.9 Å². The van der Waals surface area contributed by atoms with Gasteiger partial charge in [0.05, 0.1) is 6.04 Å². The first-order chi connectivity index (χ1) is 19.9. The summed E-state index contributed by atoms with van der Waals surface area (Å²) >= 11 is 0. The molecule has 5 rings (SSSR count). The van der Waals surface area contributed by atoms with Crippen molar-refractivity contribution in [1.82, 2.24) is 30.5 Å². The molecule has 3 N–H and O–H groups in total. The van der Waals surface area contributed by atoms with Gasteiger partial charge in [-0.3, -0.25) is 9.59 Å². The highest BCUT2D eigenvalue weighted by Crippen LogP contribution is 2.45. The number of carbonyl (C=O) groups is 4. The molecule has 5 atom stereocenters. The van der Waals surface area contributed by atoms with Gasteiger partial charge in [0.15, 0.2) is 0 Å². The van der Waals surface area contributed by atoms with Gasteiger partial charge in [-0.15, -0.1) is 0 Å². The standard InChI is InChI=1S/C30H40N6O6/c1-18-11-10-14-21-24(18)34-36(33-21)20-15-23-25(37)32-30(27(39)40)16-19(30)12-8-6-5-7-9-13-22(26(38)35(23)17-20)31-28(41)42-29(2,3)4/h8,10-12,14,19-20,22-23H,5-7,9,13,15-17H2,1-4H3,(H,31,41)(H,32,37)(H,39,40)/b12-8-/t19-,20-,22+,23-,30-/m0/s1. The molecule has 2 aliphatic heterocycles. The minimum Gasteiger partial charge on any atom is -0.479 e. The molecule has 1 aromatic carbocycles. The van der Waals surface area contributed by atoms with E-state index in [1.54, 1.807) is 25.6 Å². The number of carboxylic acids is 1. The van der Waals surface area contributed by atoms with E-state index in [4.69, 9.17) is 4.74 Å². The highest BCUT2D eigenvalue weighted by Gasteiger charge is 2.61. The van der Waals surface area contributed by atoms with E-state index in [1.165, 1.54) is 4.90 Å². The van der Waals surface area contributed by atoms with Crippen LogP contribution in [0.2, 0.25) is 0 Å². The maximum absolute atomic E-state index is 14.1. The van der Waals surface area contributed by atoms with E-state index in [0.29, 0.717) is 24.8 Å². The lowest BCUT2D eigenvalue weighted by Gasteiger charge is -2.30. The fourth-order valence-electron chi connectivity index (χ4n) is 5.95. The van der Waals surface area contributed by atoms with Gasteiger partial charge in [-0.1, -0.05) is 37.1 Å². The Labute approximate surface area is 244 Å². The first-order valence-electron chi connectivity index (χ1n) is 14.7. The quantitative estimate of drug-likeness (QED) is 0.467. The summed E-state index contributed by atoms with van der Waals surface area (Å²) in [4.78, 5) is 56.0. The fraction of sp³-hybridized carbons (Fsp3) is 0.600. The lowest BCUT2D eigenvalue weighted by molar-refractivity contribution is -0.145. The monoisotopic (exact) mass is 580 g/mol. The molecule has 226 valence electrons. The molecular formula is C30H40N6O6. The number of carboxylic acid groups (broad SMARTS) is 1. The van der Waals surface area contributed by atoms with Crippen LogP contribution in [-0.2, 0) is 19.1 Å². The van der Waals surface area contributed by atoms with Crippen LogP contribution in [0.3, 0.4) is 0 Å². The van der Waals surface area contributed by atoms with Crippen molar-refractivity contribution in [3.63, 3.8) is 0 Å². The number of aromatic nitrogens is 3. The average Bonchev–Trinajstić information content (AvgIpc) is 3.23. The number of aryl methyl sites for hydroxylation is 1. The van der Waals surface area contributed by atoms with Crippen LogP contribution in [-0.4, -0.2) is 78.6 Å². The summed E-state index contributed by atoms with van der Waals surface area (Å²) in [6.07, 6.45) is 7.14. The van der Waals surface area contributed by atoms with Gasteiger partial charge in [-0.25, -0.2) is 9.59 Å². The molecule has 2 aromatic rings. The first-order valence-corrected chi connectivity index (χ1v) is 14.7. The van der Waals surface area contributed by atoms with Crippen LogP contribution in [0.1, 0.15) is 77.3 Å². The lowest BCUT2D eigenvalue weighted by atomic mass is 10.0. The molecule has 0 bridgehead atoms. The number of amides is 3. The molecule has 3 heterocycles. The van der Waals surface area contributed by atoms with E-state index in [1.807, 2.05) is 37.3 Å². The average molecular weight is 581 g/mol. The second kappa shape index (κ2) is 11.4. The molecule has 3 amide bonds. The summed E-state index contributed by atoms with van der Waals surface area (Å²) in [6.45, 7) is 7.31. The van der Waals surface area contributed by atoms with Crippen LogP contribution in [0.5, 0.6) is 0 Å². The number of nitrogens with one attached hydrogen (secondary N) is 2. The Hall–Kier alpha value is -3.96. The minimum atomic E-state index is -1.40. The summed E-state index contributed by atoms with van der Waals surface area (Å²) in [5.74, 6) is -2.36. The largest absolute Gasteiger partial charge is 0.479 e. The molecule has 12 heteroatoms. The lowest BCUT2D eigenvalue weighted by Crippen LogP contribution is -2.56. The third kappa shape index (κ3) is 6.12. The highest BCUT2D eigenvalue weighted by atomic mass is 16.6. The highest BCUT2D eigenvalue weighted by molar-refractivity contribution is 5.96. The Balaban J connectivity index is 1.47. The summed E-state index contributed by atoms with van der Waals surface area (Å²) in [5.41, 5.74) is 0.248. The minimum absolute atomic E-state index is 0.132. The number of aliphatic carboxylic acids is 1. The van der Waals surface area contributed by atoms with Gasteiger partial charge in [0, 0.05) is 18.9 Å². The molecule has 1 aromatic heterocycles. The molecular weight excluding hydrogens is 540 g/mol. The van der Waals surface area contributed by atoms with Gasteiger partial charge in [0.1, 0.15) is 34.3 Å². The van der Waals surface area contributed by atoms with Gasteiger partial charge in [-0.2, -0.15) is 15.0 Å². The molecule has 0 spiro atoms.